The van der Waals surface area contributed by atoms with Crippen LogP contribution in [0.3, 0.4) is 0 Å². The van der Waals surface area contributed by atoms with Gasteiger partial charge in [0.2, 0.25) is 5.95 Å². The minimum Gasteiger partial charge on any atom is -0.354 e. The van der Waals surface area contributed by atoms with Crippen LogP contribution >= 0.6 is 0 Å². The first-order valence-corrected chi connectivity index (χ1v) is 9.04. The quantitative estimate of drug-likeness (QED) is 0.423. The summed E-state index contributed by atoms with van der Waals surface area (Å²) in [6, 6.07) is 12.4. The number of nitrogens with zero attached hydrogens (tertiary/aromatic N) is 3. The zero-order valence-corrected chi connectivity index (χ0v) is 15.5. The van der Waals surface area contributed by atoms with Crippen LogP contribution in [0.2, 0.25) is 0 Å². The van der Waals surface area contributed by atoms with E-state index < -0.39 is 23.1 Å². The van der Waals surface area contributed by atoms with Gasteiger partial charge in [-0.05, 0) is 24.3 Å². The molecule has 2 aromatic heterocycles. The molecule has 4 aromatic rings. The Morgan fingerprint density at radius 2 is 1.77 bits per heavy atom. The second kappa shape index (κ2) is 8.11. The summed E-state index contributed by atoms with van der Waals surface area (Å²) in [5.41, 5.74) is 0.0972. The van der Waals surface area contributed by atoms with Crippen molar-refractivity contribution in [3.63, 3.8) is 0 Å². The van der Waals surface area contributed by atoms with Crippen molar-refractivity contribution in [2.45, 2.75) is 0 Å². The van der Waals surface area contributed by atoms with E-state index in [0.717, 1.165) is 17.8 Å². The molecule has 0 fully saturated rings. The van der Waals surface area contributed by atoms with Gasteiger partial charge in [-0.15, -0.1) is 0 Å². The smallest absolute Gasteiger partial charge is 0.263 e. The van der Waals surface area contributed by atoms with E-state index in [9.17, 15) is 18.4 Å². The molecule has 3 N–H and O–H groups in total. The summed E-state index contributed by atoms with van der Waals surface area (Å²) in [7, 11) is 0. The number of amides is 1. The molecule has 0 aliphatic heterocycles. The standard InChI is InChI=1S/C20H16F2N6O2/c21-14-7-4-8-15(22)16(14)19(30)23-9-10-24-20-26-17-13(18(29)27-20)11-25-28(17)12-5-2-1-3-6-12/h1-8,11H,9-10H2,(H,23,30)(H2,24,26,27,29). The largest absolute Gasteiger partial charge is 0.354 e. The summed E-state index contributed by atoms with van der Waals surface area (Å²) in [5, 5.41) is 9.83. The monoisotopic (exact) mass is 410 g/mol. The van der Waals surface area contributed by atoms with E-state index in [1.165, 1.54) is 12.3 Å². The fourth-order valence-corrected chi connectivity index (χ4v) is 2.92. The number of benzene rings is 2. The first kappa shape index (κ1) is 19.2. The van der Waals surface area contributed by atoms with E-state index >= 15 is 0 Å². The lowest BCUT2D eigenvalue weighted by Gasteiger charge is -2.09. The van der Waals surface area contributed by atoms with Crippen molar-refractivity contribution in [2.75, 3.05) is 18.4 Å². The Balaban J connectivity index is 1.46. The van der Waals surface area contributed by atoms with Gasteiger partial charge in [-0.3, -0.25) is 14.6 Å². The number of hydrogen-bond donors (Lipinski definition) is 3. The molecule has 0 aliphatic carbocycles. The summed E-state index contributed by atoms with van der Waals surface area (Å²) in [5.74, 6) is -2.57. The van der Waals surface area contributed by atoms with Gasteiger partial charge >= 0.3 is 0 Å². The Morgan fingerprint density at radius 1 is 1.03 bits per heavy atom. The van der Waals surface area contributed by atoms with Gasteiger partial charge in [-0.1, -0.05) is 24.3 Å². The van der Waals surface area contributed by atoms with E-state index in [1.807, 2.05) is 30.3 Å². The highest BCUT2D eigenvalue weighted by Crippen LogP contribution is 2.14. The fourth-order valence-electron chi connectivity index (χ4n) is 2.92. The number of aromatic nitrogens is 4. The Kier molecular flexibility index (Phi) is 5.21. The predicted octanol–water partition coefficient (Wildman–Crippen LogP) is 2.23. The molecule has 2 aromatic carbocycles. The third-order valence-corrected chi connectivity index (χ3v) is 4.33. The van der Waals surface area contributed by atoms with Crippen LogP contribution in [0, 0.1) is 11.6 Å². The predicted molar refractivity (Wildman–Crippen MR) is 107 cm³/mol. The molecule has 0 bridgehead atoms. The van der Waals surface area contributed by atoms with Gasteiger partial charge in [-0.2, -0.15) is 10.1 Å². The molecule has 30 heavy (non-hydrogen) atoms. The Labute approximate surface area is 168 Å². The van der Waals surface area contributed by atoms with Crippen molar-refractivity contribution in [3.05, 3.63) is 82.3 Å². The molecule has 0 aliphatic rings. The fraction of sp³-hybridized carbons (Fsp3) is 0.100. The average Bonchev–Trinajstić information content (AvgIpc) is 3.16. The molecule has 0 saturated carbocycles. The molecule has 8 nitrogen and oxygen atoms in total. The van der Waals surface area contributed by atoms with Gasteiger partial charge in [-0.25, -0.2) is 13.5 Å². The van der Waals surface area contributed by atoms with Crippen LogP contribution in [-0.2, 0) is 0 Å². The second-order valence-electron chi connectivity index (χ2n) is 6.32. The summed E-state index contributed by atoms with van der Waals surface area (Å²) in [6.45, 7) is 0.210. The van der Waals surface area contributed by atoms with E-state index in [4.69, 9.17) is 0 Å². The first-order valence-electron chi connectivity index (χ1n) is 9.04. The van der Waals surface area contributed by atoms with Crippen LogP contribution in [0.4, 0.5) is 14.7 Å². The van der Waals surface area contributed by atoms with Crippen LogP contribution in [0.5, 0.6) is 0 Å². The molecule has 152 valence electrons. The number of para-hydroxylation sites is 1. The highest BCUT2D eigenvalue weighted by Gasteiger charge is 2.16. The van der Waals surface area contributed by atoms with E-state index in [1.54, 1.807) is 4.68 Å². The van der Waals surface area contributed by atoms with Crippen LogP contribution in [0.15, 0.2) is 59.5 Å². The Morgan fingerprint density at radius 3 is 2.50 bits per heavy atom. The number of rotatable bonds is 6. The maximum atomic E-state index is 13.6. The summed E-state index contributed by atoms with van der Waals surface area (Å²) in [4.78, 5) is 31.3. The van der Waals surface area contributed by atoms with Gasteiger partial charge in [0.1, 0.15) is 22.6 Å². The molecule has 0 atom stereocenters. The van der Waals surface area contributed by atoms with Gasteiger partial charge in [0.05, 0.1) is 11.9 Å². The van der Waals surface area contributed by atoms with Gasteiger partial charge in [0.15, 0.2) is 5.65 Å². The number of carbonyl (C=O) groups excluding carboxylic acids is 1. The van der Waals surface area contributed by atoms with Crippen LogP contribution < -0.4 is 16.2 Å². The highest BCUT2D eigenvalue weighted by atomic mass is 19.1. The number of halogens is 2. The lowest BCUT2D eigenvalue weighted by molar-refractivity contribution is 0.0946. The van der Waals surface area contributed by atoms with Crippen molar-refractivity contribution < 1.29 is 13.6 Å². The topological polar surface area (TPSA) is 105 Å². The maximum Gasteiger partial charge on any atom is 0.263 e. The van der Waals surface area contributed by atoms with Crippen LogP contribution in [0.1, 0.15) is 10.4 Å². The molecule has 1 amide bonds. The third kappa shape index (κ3) is 3.75. The van der Waals surface area contributed by atoms with E-state index in [2.05, 4.69) is 25.7 Å². The number of anilines is 1. The number of fused-ring (bicyclic) bond motifs is 1. The van der Waals surface area contributed by atoms with E-state index in [-0.39, 0.29) is 24.6 Å². The lowest BCUT2D eigenvalue weighted by Crippen LogP contribution is -2.30. The zero-order valence-electron chi connectivity index (χ0n) is 15.5. The van der Waals surface area contributed by atoms with Gasteiger partial charge in [0, 0.05) is 13.1 Å². The normalized spacial score (nSPS) is 10.9. The van der Waals surface area contributed by atoms with Crippen molar-refractivity contribution in [2.24, 2.45) is 0 Å². The van der Waals surface area contributed by atoms with Crippen LogP contribution in [0.25, 0.3) is 16.7 Å². The molecule has 0 radical (unpaired) electrons. The average molecular weight is 410 g/mol. The van der Waals surface area contributed by atoms with Crippen molar-refractivity contribution in [1.29, 1.82) is 0 Å². The minimum atomic E-state index is -0.939. The lowest BCUT2D eigenvalue weighted by atomic mass is 10.2. The van der Waals surface area contributed by atoms with Gasteiger partial charge < -0.3 is 10.6 Å². The molecule has 10 heteroatoms. The molecule has 0 spiro atoms. The molecule has 4 rings (SSSR count). The third-order valence-electron chi connectivity index (χ3n) is 4.33. The molecule has 0 unspecified atom stereocenters. The van der Waals surface area contributed by atoms with E-state index in [0.29, 0.717) is 11.0 Å². The number of nitrogens with one attached hydrogen (secondary N) is 3. The molecular weight excluding hydrogens is 394 g/mol. The summed E-state index contributed by atoms with van der Waals surface area (Å²) >= 11 is 0. The maximum absolute atomic E-state index is 13.6. The van der Waals surface area contributed by atoms with Gasteiger partial charge in [0.25, 0.3) is 11.5 Å². The van der Waals surface area contributed by atoms with Crippen molar-refractivity contribution >= 4 is 22.9 Å². The number of carbonyl (C=O) groups is 1. The van der Waals surface area contributed by atoms with Crippen LogP contribution in [-0.4, -0.2) is 38.7 Å². The SMILES string of the molecule is O=C(NCCNc1nc2c(cnn2-c2ccccc2)c(=O)[nH]1)c1c(F)cccc1F. The number of hydrogen-bond acceptors (Lipinski definition) is 5. The summed E-state index contributed by atoms with van der Waals surface area (Å²) < 4.78 is 28.8. The zero-order chi connectivity index (χ0) is 21.1. The van der Waals surface area contributed by atoms with Crippen molar-refractivity contribution in [1.82, 2.24) is 25.1 Å². The minimum absolute atomic E-state index is 0.0479. The molecule has 0 saturated heterocycles. The number of aromatic amines is 1. The first-order chi connectivity index (χ1) is 14.5. The second-order valence-corrected chi connectivity index (χ2v) is 6.32. The van der Waals surface area contributed by atoms with Crippen molar-refractivity contribution in [3.8, 4) is 5.69 Å². The summed E-state index contributed by atoms with van der Waals surface area (Å²) in [6.07, 6.45) is 1.43. The number of H-pyrrole nitrogens is 1. The Bertz CT molecular complexity index is 1250. The molecular formula is C20H16F2N6O2. The molecule has 2 heterocycles. The highest BCUT2D eigenvalue weighted by molar-refractivity contribution is 5.94. The Hall–Kier alpha value is -4.08.